The van der Waals surface area contributed by atoms with Crippen LogP contribution in [0.4, 0.5) is 15.8 Å². The van der Waals surface area contributed by atoms with Gasteiger partial charge in [0.2, 0.25) is 0 Å². The number of halogens is 2. The van der Waals surface area contributed by atoms with Gasteiger partial charge >= 0.3 is 5.97 Å². The lowest BCUT2D eigenvalue weighted by Gasteiger charge is -2.16. The molecular formula is C21H19ClFN3O5. The molecule has 0 saturated heterocycles. The second kappa shape index (κ2) is 9.59. The van der Waals surface area contributed by atoms with Crippen molar-refractivity contribution in [2.24, 2.45) is 0 Å². The molecule has 1 aliphatic rings. The van der Waals surface area contributed by atoms with Crippen molar-refractivity contribution in [3.63, 3.8) is 0 Å². The fourth-order valence-corrected chi connectivity index (χ4v) is 3.23. The van der Waals surface area contributed by atoms with Gasteiger partial charge < -0.3 is 25.4 Å². The maximum atomic E-state index is 13.4. The van der Waals surface area contributed by atoms with Gasteiger partial charge in [0.15, 0.2) is 0 Å². The molecule has 162 valence electrons. The van der Waals surface area contributed by atoms with E-state index in [1.165, 1.54) is 48.4 Å². The first kappa shape index (κ1) is 22.3. The van der Waals surface area contributed by atoms with Crippen LogP contribution in [-0.2, 0) is 14.3 Å². The number of nitrogens with one attached hydrogen (secondary N) is 2. The monoisotopic (exact) mass is 447 g/mol. The molecule has 2 amide bonds. The number of aliphatic hydroxyl groups is 1. The number of nitrogens with zero attached hydrogens (tertiary/aromatic N) is 1. The summed E-state index contributed by atoms with van der Waals surface area (Å²) in [6.07, 6.45) is 0. The number of β-amino-alcohol motifs (C(OH)–C–C–N with tert-alkyl or cyclic N) is 1. The number of carbonyl (C=O) groups excluding carboxylic acids is 3. The van der Waals surface area contributed by atoms with Gasteiger partial charge in [-0.2, -0.15) is 0 Å². The molecule has 1 aliphatic heterocycles. The second-order valence-electron chi connectivity index (χ2n) is 6.57. The average molecular weight is 448 g/mol. The number of carbonyl (C=O) groups is 3. The van der Waals surface area contributed by atoms with Crippen molar-refractivity contribution in [3.8, 4) is 0 Å². The Hall–Kier alpha value is -3.43. The normalized spacial score (nSPS) is 13.4. The molecular weight excluding hydrogens is 429 g/mol. The summed E-state index contributed by atoms with van der Waals surface area (Å²) in [4.78, 5) is 39.0. The van der Waals surface area contributed by atoms with E-state index in [2.05, 4.69) is 10.6 Å². The van der Waals surface area contributed by atoms with Gasteiger partial charge in [-0.05, 0) is 36.4 Å². The first-order chi connectivity index (χ1) is 14.8. The van der Waals surface area contributed by atoms with E-state index in [0.717, 1.165) is 6.07 Å². The van der Waals surface area contributed by atoms with Gasteiger partial charge in [0, 0.05) is 17.3 Å². The second-order valence-corrected chi connectivity index (χ2v) is 7.01. The van der Waals surface area contributed by atoms with E-state index in [1.54, 1.807) is 0 Å². The van der Waals surface area contributed by atoms with Crippen LogP contribution >= 0.6 is 11.6 Å². The molecule has 0 aromatic heterocycles. The molecule has 0 unspecified atom stereocenters. The minimum Gasteiger partial charge on any atom is -0.466 e. The van der Waals surface area contributed by atoms with Crippen molar-refractivity contribution in [1.29, 1.82) is 0 Å². The molecule has 10 heteroatoms. The lowest BCUT2D eigenvalue weighted by molar-refractivity contribution is -0.136. The van der Waals surface area contributed by atoms with E-state index in [-0.39, 0.29) is 52.9 Å². The highest BCUT2D eigenvalue weighted by Gasteiger charge is 2.35. The van der Waals surface area contributed by atoms with Crippen molar-refractivity contribution in [1.82, 2.24) is 4.90 Å². The van der Waals surface area contributed by atoms with Gasteiger partial charge in [-0.1, -0.05) is 17.7 Å². The van der Waals surface area contributed by atoms with Crippen LogP contribution in [0.2, 0.25) is 5.02 Å². The standard InChI is InChI=1S/C21H19ClFN3O5/c1-31-21(30)16-11-26(7-8-27)20(29)18(16)25-17-6-5-12(22)9-15(17)19(28)24-14-4-2-3-13(23)10-14/h2-6,9-10,25,27H,7-8,11H2,1H3,(H,24,28). The third-order valence-electron chi connectivity index (χ3n) is 4.52. The Labute approximate surface area is 182 Å². The molecule has 0 atom stereocenters. The molecule has 0 spiro atoms. The summed E-state index contributed by atoms with van der Waals surface area (Å²) in [6, 6.07) is 9.72. The van der Waals surface area contributed by atoms with Crippen LogP contribution in [0.1, 0.15) is 10.4 Å². The molecule has 2 aromatic carbocycles. The van der Waals surface area contributed by atoms with E-state index in [0.29, 0.717) is 0 Å². The van der Waals surface area contributed by atoms with Crippen molar-refractivity contribution in [2.45, 2.75) is 0 Å². The van der Waals surface area contributed by atoms with Gasteiger partial charge in [-0.3, -0.25) is 9.59 Å². The SMILES string of the molecule is COC(=O)C1=C(Nc2ccc(Cl)cc2C(=O)Nc2cccc(F)c2)C(=O)N(CCO)C1. The first-order valence-electron chi connectivity index (χ1n) is 9.19. The molecule has 8 nitrogen and oxygen atoms in total. The minimum atomic E-state index is -0.712. The van der Waals surface area contributed by atoms with Crippen molar-refractivity contribution in [2.75, 3.05) is 37.4 Å². The van der Waals surface area contributed by atoms with Gasteiger partial charge in [0.05, 0.1) is 37.1 Å². The van der Waals surface area contributed by atoms with Crippen LogP contribution in [0.5, 0.6) is 0 Å². The molecule has 0 bridgehead atoms. The number of benzene rings is 2. The molecule has 0 radical (unpaired) electrons. The predicted molar refractivity (Wildman–Crippen MR) is 112 cm³/mol. The van der Waals surface area contributed by atoms with Crippen LogP contribution in [0.3, 0.4) is 0 Å². The van der Waals surface area contributed by atoms with Gasteiger partial charge in [0.25, 0.3) is 11.8 Å². The quantitative estimate of drug-likeness (QED) is 0.562. The van der Waals surface area contributed by atoms with Crippen molar-refractivity contribution < 1.29 is 28.6 Å². The number of rotatable bonds is 7. The number of hydrogen-bond donors (Lipinski definition) is 3. The minimum absolute atomic E-state index is 0.0258. The average Bonchev–Trinajstić information content (AvgIpc) is 3.04. The number of ether oxygens (including phenoxy) is 1. The van der Waals surface area contributed by atoms with Crippen LogP contribution in [0.25, 0.3) is 0 Å². The summed E-state index contributed by atoms with van der Waals surface area (Å²) in [5, 5.41) is 14.8. The summed E-state index contributed by atoms with van der Waals surface area (Å²) in [5.74, 6) is -2.36. The lowest BCUT2D eigenvalue weighted by Crippen LogP contribution is -2.31. The molecule has 3 N–H and O–H groups in total. The summed E-state index contributed by atoms with van der Waals surface area (Å²) >= 11 is 6.04. The molecule has 3 rings (SSSR count). The van der Waals surface area contributed by atoms with E-state index in [4.69, 9.17) is 21.4 Å². The van der Waals surface area contributed by atoms with E-state index in [1.807, 2.05) is 0 Å². The van der Waals surface area contributed by atoms with E-state index >= 15 is 0 Å². The Morgan fingerprint density at radius 2 is 2.03 bits per heavy atom. The van der Waals surface area contributed by atoms with Crippen LogP contribution < -0.4 is 10.6 Å². The largest absolute Gasteiger partial charge is 0.466 e. The van der Waals surface area contributed by atoms with Crippen LogP contribution in [0.15, 0.2) is 53.7 Å². The van der Waals surface area contributed by atoms with Crippen LogP contribution in [-0.4, -0.2) is 54.6 Å². The number of amides is 2. The Kier molecular flexibility index (Phi) is 6.88. The van der Waals surface area contributed by atoms with Crippen molar-refractivity contribution in [3.05, 3.63) is 70.1 Å². The predicted octanol–water partition coefficient (Wildman–Crippen LogP) is 2.40. The van der Waals surface area contributed by atoms with Crippen molar-refractivity contribution >= 4 is 40.8 Å². The number of aliphatic hydroxyl groups excluding tert-OH is 1. The molecule has 2 aromatic rings. The zero-order valence-corrected chi connectivity index (χ0v) is 17.2. The molecule has 0 aliphatic carbocycles. The molecule has 1 heterocycles. The summed E-state index contributed by atoms with van der Waals surface area (Å²) in [7, 11) is 1.19. The summed E-state index contributed by atoms with van der Waals surface area (Å²) < 4.78 is 18.2. The number of esters is 1. The van der Waals surface area contributed by atoms with Crippen LogP contribution in [0, 0.1) is 5.82 Å². The number of anilines is 2. The number of hydrogen-bond acceptors (Lipinski definition) is 6. The zero-order chi connectivity index (χ0) is 22.5. The van der Waals surface area contributed by atoms with Gasteiger partial charge in [-0.15, -0.1) is 0 Å². The third kappa shape index (κ3) is 5.01. The smallest absolute Gasteiger partial charge is 0.337 e. The van der Waals surface area contributed by atoms with Gasteiger partial charge in [-0.25, -0.2) is 9.18 Å². The molecule has 31 heavy (non-hydrogen) atoms. The lowest BCUT2D eigenvalue weighted by atomic mass is 10.1. The Bertz CT molecular complexity index is 1070. The van der Waals surface area contributed by atoms with E-state index < -0.39 is 23.6 Å². The topological polar surface area (TPSA) is 108 Å². The fourth-order valence-electron chi connectivity index (χ4n) is 3.06. The number of methoxy groups -OCH3 is 1. The third-order valence-corrected chi connectivity index (χ3v) is 4.76. The van der Waals surface area contributed by atoms with Gasteiger partial charge in [0.1, 0.15) is 11.5 Å². The maximum absolute atomic E-state index is 13.4. The highest BCUT2D eigenvalue weighted by atomic mass is 35.5. The summed E-state index contributed by atoms with van der Waals surface area (Å²) in [5.41, 5.74) is 0.502. The highest BCUT2D eigenvalue weighted by molar-refractivity contribution is 6.31. The van der Waals surface area contributed by atoms with E-state index in [9.17, 15) is 18.8 Å². The maximum Gasteiger partial charge on any atom is 0.337 e. The fraction of sp³-hybridized carbons (Fsp3) is 0.190. The first-order valence-corrected chi connectivity index (χ1v) is 9.57. The zero-order valence-electron chi connectivity index (χ0n) is 16.4. The Morgan fingerprint density at radius 1 is 1.26 bits per heavy atom. The Morgan fingerprint density at radius 3 is 2.71 bits per heavy atom. The molecule has 0 fully saturated rings. The summed E-state index contributed by atoms with van der Waals surface area (Å²) in [6.45, 7) is -0.305. The Balaban J connectivity index is 1.94. The molecule has 0 saturated carbocycles. The highest BCUT2D eigenvalue weighted by Crippen LogP contribution is 2.27.